The molecule has 2 atom stereocenters. The maximum absolute atomic E-state index is 5.87. The molecule has 0 spiro atoms. The lowest BCUT2D eigenvalue weighted by Gasteiger charge is -2.39. The first-order valence-corrected chi connectivity index (χ1v) is 10.4. The second kappa shape index (κ2) is 8.09. The van der Waals surface area contributed by atoms with Crippen molar-refractivity contribution in [1.29, 1.82) is 0 Å². The van der Waals surface area contributed by atoms with Crippen LogP contribution in [-0.2, 0) is 4.74 Å². The molecule has 0 aliphatic carbocycles. The zero-order valence-electron chi connectivity index (χ0n) is 16.3. The van der Waals surface area contributed by atoms with E-state index in [0.29, 0.717) is 12.2 Å². The lowest BCUT2D eigenvalue weighted by molar-refractivity contribution is -0.0720. The van der Waals surface area contributed by atoms with Crippen LogP contribution in [0.2, 0.25) is 0 Å². The third kappa shape index (κ3) is 4.29. The largest absolute Gasteiger partial charge is 0.373 e. The number of rotatable bonds is 4. The number of hydrogen-bond donors (Lipinski definition) is 0. The lowest BCUT2D eigenvalue weighted by atomic mass is 9.95. The van der Waals surface area contributed by atoms with Crippen LogP contribution in [0.25, 0.3) is 0 Å². The van der Waals surface area contributed by atoms with Gasteiger partial charge in [0.05, 0.1) is 12.2 Å². The Kier molecular flexibility index (Phi) is 5.60. The van der Waals surface area contributed by atoms with Crippen LogP contribution in [0.3, 0.4) is 0 Å². The summed E-state index contributed by atoms with van der Waals surface area (Å²) in [6.07, 6.45) is 7.54. The second-order valence-corrected chi connectivity index (χ2v) is 8.33. The Bertz CT molecular complexity index is 573. The Morgan fingerprint density at radius 2 is 1.50 bits per heavy atom. The van der Waals surface area contributed by atoms with Crippen LogP contribution in [0.1, 0.15) is 39.5 Å². The predicted octanol–water partition coefficient (Wildman–Crippen LogP) is 2.40. The van der Waals surface area contributed by atoms with E-state index in [-0.39, 0.29) is 0 Å². The van der Waals surface area contributed by atoms with Gasteiger partial charge in [0, 0.05) is 51.9 Å². The summed E-state index contributed by atoms with van der Waals surface area (Å²) in [7, 11) is 0. The SMILES string of the molecule is CC1CN(CC2CCN(c3cc(N4CCCC4)ncn3)CC2)CC(C)O1. The number of morpholine rings is 1. The molecule has 2 unspecified atom stereocenters. The van der Waals surface area contributed by atoms with E-state index in [2.05, 4.69) is 44.6 Å². The smallest absolute Gasteiger partial charge is 0.134 e. The highest BCUT2D eigenvalue weighted by atomic mass is 16.5. The summed E-state index contributed by atoms with van der Waals surface area (Å²) in [4.78, 5) is 16.5. The molecule has 0 amide bonds. The van der Waals surface area contributed by atoms with Crippen LogP contribution in [0.15, 0.2) is 12.4 Å². The van der Waals surface area contributed by atoms with Crippen molar-refractivity contribution in [1.82, 2.24) is 14.9 Å². The number of piperidine rings is 1. The van der Waals surface area contributed by atoms with Crippen molar-refractivity contribution in [3.05, 3.63) is 12.4 Å². The molecule has 1 aromatic heterocycles. The number of ether oxygens (including phenoxy) is 1. The van der Waals surface area contributed by atoms with Gasteiger partial charge in [0.25, 0.3) is 0 Å². The third-order valence-corrected chi connectivity index (χ3v) is 6.02. The summed E-state index contributed by atoms with van der Waals surface area (Å²) < 4.78 is 5.87. The van der Waals surface area contributed by atoms with Gasteiger partial charge in [-0.25, -0.2) is 9.97 Å². The monoisotopic (exact) mass is 359 g/mol. The molecule has 4 heterocycles. The molecular weight excluding hydrogens is 326 g/mol. The van der Waals surface area contributed by atoms with Crippen LogP contribution >= 0.6 is 0 Å². The lowest BCUT2D eigenvalue weighted by Crippen LogP contribution is -2.48. The molecule has 0 saturated carbocycles. The number of nitrogens with zero attached hydrogens (tertiary/aromatic N) is 5. The van der Waals surface area contributed by atoms with Crippen molar-refractivity contribution in [3.8, 4) is 0 Å². The molecule has 3 aliphatic rings. The zero-order chi connectivity index (χ0) is 17.9. The predicted molar refractivity (Wildman–Crippen MR) is 105 cm³/mol. The van der Waals surface area contributed by atoms with Crippen LogP contribution in [0.4, 0.5) is 11.6 Å². The van der Waals surface area contributed by atoms with Crippen molar-refractivity contribution in [3.63, 3.8) is 0 Å². The second-order valence-electron chi connectivity index (χ2n) is 8.33. The van der Waals surface area contributed by atoms with Gasteiger partial charge in [0.15, 0.2) is 0 Å². The topological polar surface area (TPSA) is 44.7 Å². The van der Waals surface area contributed by atoms with E-state index < -0.39 is 0 Å². The summed E-state index contributed by atoms with van der Waals surface area (Å²) in [5, 5.41) is 0. The standard InChI is InChI=1S/C20H33N5O/c1-16-12-23(13-17(2)26-16)14-18-5-9-25(10-6-18)20-11-19(21-15-22-20)24-7-3-4-8-24/h11,15-18H,3-10,12-14H2,1-2H3. The molecule has 144 valence electrons. The Labute approximate surface area is 157 Å². The molecule has 0 radical (unpaired) electrons. The molecule has 0 N–H and O–H groups in total. The molecule has 0 aromatic carbocycles. The molecule has 26 heavy (non-hydrogen) atoms. The summed E-state index contributed by atoms with van der Waals surface area (Å²) in [5.41, 5.74) is 0. The number of aromatic nitrogens is 2. The average molecular weight is 360 g/mol. The van der Waals surface area contributed by atoms with Gasteiger partial charge in [-0.2, -0.15) is 0 Å². The zero-order valence-corrected chi connectivity index (χ0v) is 16.3. The van der Waals surface area contributed by atoms with E-state index in [1.165, 1.54) is 32.2 Å². The third-order valence-electron chi connectivity index (χ3n) is 6.02. The summed E-state index contributed by atoms with van der Waals surface area (Å²) >= 11 is 0. The highest BCUT2D eigenvalue weighted by Crippen LogP contribution is 2.26. The maximum atomic E-state index is 5.87. The van der Waals surface area contributed by atoms with Crippen molar-refractivity contribution < 1.29 is 4.74 Å². The van der Waals surface area contributed by atoms with E-state index in [1.807, 2.05) is 0 Å². The molecule has 3 saturated heterocycles. The maximum Gasteiger partial charge on any atom is 0.134 e. The van der Waals surface area contributed by atoms with Gasteiger partial charge >= 0.3 is 0 Å². The summed E-state index contributed by atoms with van der Waals surface area (Å²) in [5.74, 6) is 3.00. The highest BCUT2D eigenvalue weighted by molar-refractivity contribution is 5.50. The van der Waals surface area contributed by atoms with E-state index in [9.17, 15) is 0 Å². The molecule has 4 rings (SSSR count). The van der Waals surface area contributed by atoms with Crippen LogP contribution < -0.4 is 9.80 Å². The molecule has 6 nitrogen and oxygen atoms in total. The molecule has 3 fully saturated rings. The van der Waals surface area contributed by atoms with E-state index in [0.717, 1.165) is 56.8 Å². The minimum Gasteiger partial charge on any atom is -0.373 e. The van der Waals surface area contributed by atoms with Crippen LogP contribution in [0, 0.1) is 5.92 Å². The van der Waals surface area contributed by atoms with Crippen LogP contribution in [0.5, 0.6) is 0 Å². The van der Waals surface area contributed by atoms with Gasteiger partial charge in [0.2, 0.25) is 0 Å². The summed E-state index contributed by atoms with van der Waals surface area (Å²) in [6.45, 7) is 12.2. The Morgan fingerprint density at radius 1 is 0.923 bits per heavy atom. The Hall–Kier alpha value is -1.40. The molecule has 1 aromatic rings. The Morgan fingerprint density at radius 3 is 2.12 bits per heavy atom. The number of hydrogen-bond acceptors (Lipinski definition) is 6. The van der Waals surface area contributed by atoms with Crippen molar-refractivity contribution in [2.45, 2.75) is 51.7 Å². The average Bonchev–Trinajstić information content (AvgIpc) is 3.16. The normalized spacial score (nSPS) is 28.7. The van der Waals surface area contributed by atoms with Crippen molar-refractivity contribution in [2.75, 3.05) is 55.6 Å². The molecule has 0 bridgehead atoms. The fourth-order valence-electron chi connectivity index (χ4n) is 4.77. The summed E-state index contributed by atoms with van der Waals surface area (Å²) in [6, 6.07) is 2.19. The van der Waals surface area contributed by atoms with Gasteiger partial charge in [-0.15, -0.1) is 0 Å². The quantitative estimate of drug-likeness (QED) is 0.823. The molecular formula is C20H33N5O. The van der Waals surface area contributed by atoms with Gasteiger partial charge < -0.3 is 14.5 Å². The van der Waals surface area contributed by atoms with Crippen molar-refractivity contribution in [2.24, 2.45) is 5.92 Å². The Balaban J connectivity index is 1.30. The fourth-order valence-corrected chi connectivity index (χ4v) is 4.77. The minimum atomic E-state index is 0.365. The first-order valence-electron chi connectivity index (χ1n) is 10.4. The van der Waals surface area contributed by atoms with Crippen LogP contribution in [-0.4, -0.2) is 72.9 Å². The van der Waals surface area contributed by atoms with E-state index >= 15 is 0 Å². The molecule has 6 heteroatoms. The number of anilines is 2. The van der Waals surface area contributed by atoms with Crippen molar-refractivity contribution >= 4 is 11.6 Å². The van der Waals surface area contributed by atoms with E-state index in [4.69, 9.17) is 4.74 Å². The fraction of sp³-hybridized carbons (Fsp3) is 0.800. The van der Waals surface area contributed by atoms with Gasteiger partial charge in [-0.1, -0.05) is 0 Å². The highest BCUT2D eigenvalue weighted by Gasteiger charge is 2.27. The van der Waals surface area contributed by atoms with Gasteiger partial charge in [-0.3, -0.25) is 4.90 Å². The molecule has 3 aliphatic heterocycles. The van der Waals surface area contributed by atoms with E-state index in [1.54, 1.807) is 6.33 Å². The van der Waals surface area contributed by atoms with Gasteiger partial charge in [0.1, 0.15) is 18.0 Å². The first-order chi connectivity index (χ1) is 12.7. The minimum absolute atomic E-state index is 0.365. The van der Waals surface area contributed by atoms with Gasteiger partial charge in [-0.05, 0) is 45.4 Å². The first kappa shape index (κ1) is 18.0.